The fourth-order valence-electron chi connectivity index (χ4n) is 4.26. The number of hydrogen-bond donors (Lipinski definition) is 2. The van der Waals surface area contributed by atoms with Gasteiger partial charge in [0.15, 0.2) is 6.10 Å². The molecule has 0 spiro atoms. The van der Waals surface area contributed by atoms with Gasteiger partial charge in [0.25, 0.3) is 0 Å². The second kappa shape index (κ2) is 11.3. The zero-order valence-corrected chi connectivity index (χ0v) is 22.5. The molecule has 0 radical (unpaired) electrons. The molecule has 0 aromatic carbocycles. The number of aliphatic hydroxyl groups excluding tert-OH is 1. The first-order valence-corrected chi connectivity index (χ1v) is 12.2. The molecule has 36 heavy (non-hydrogen) atoms. The highest BCUT2D eigenvalue weighted by Gasteiger charge is 2.68. The molecule has 7 unspecified atom stereocenters. The van der Waals surface area contributed by atoms with Gasteiger partial charge in [-0.1, -0.05) is 18.7 Å². The van der Waals surface area contributed by atoms with Gasteiger partial charge in [-0.3, -0.25) is 4.79 Å². The van der Waals surface area contributed by atoms with Gasteiger partial charge in [-0.15, -0.1) is 0 Å². The molecule has 2 rings (SSSR count). The third-order valence-electron chi connectivity index (χ3n) is 7.14. The number of allylic oxidation sites excluding steroid dienone is 2. The van der Waals surface area contributed by atoms with Crippen molar-refractivity contribution in [1.82, 2.24) is 0 Å². The number of aliphatic hydroxyl groups is 2. The van der Waals surface area contributed by atoms with E-state index in [1.807, 2.05) is 0 Å². The fraction of sp³-hybridized carbons (Fsp3) is 0.667. The molecule has 0 amide bonds. The van der Waals surface area contributed by atoms with Gasteiger partial charge >= 0.3 is 17.9 Å². The summed E-state index contributed by atoms with van der Waals surface area (Å²) in [6.07, 6.45) is -1.02. The van der Waals surface area contributed by atoms with E-state index in [9.17, 15) is 24.6 Å². The maximum absolute atomic E-state index is 12.7. The summed E-state index contributed by atoms with van der Waals surface area (Å²) in [6.45, 7) is 16.7. The summed E-state index contributed by atoms with van der Waals surface area (Å²) in [5.41, 5.74) is -1.20. The lowest BCUT2D eigenvalue weighted by Gasteiger charge is -2.40. The second-order valence-corrected chi connectivity index (χ2v) is 10.3. The maximum atomic E-state index is 12.7. The van der Waals surface area contributed by atoms with Gasteiger partial charge in [0.05, 0.1) is 17.8 Å². The molecule has 2 aliphatic rings. The van der Waals surface area contributed by atoms with Crippen LogP contribution in [0.4, 0.5) is 0 Å². The summed E-state index contributed by atoms with van der Waals surface area (Å²) < 4.78 is 23.1. The van der Waals surface area contributed by atoms with Crippen molar-refractivity contribution >= 4 is 17.9 Å². The zero-order valence-electron chi connectivity index (χ0n) is 22.5. The van der Waals surface area contributed by atoms with Gasteiger partial charge in [0, 0.05) is 30.4 Å². The second-order valence-electron chi connectivity index (χ2n) is 10.3. The minimum atomic E-state index is -1.47. The molecule has 1 aliphatic heterocycles. The summed E-state index contributed by atoms with van der Waals surface area (Å²) in [7, 11) is 0. The third kappa shape index (κ3) is 6.63. The molecule has 0 aromatic rings. The van der Waals surface area contributed by atoms with Crippen LogP contribution in [-0.2, 0) is 33.3 Å². The van der Waals surface area contributed by atoms with E-state index in [0.29, 0.717) is 23.1 Å². The number of epoxide rings is 1. The SMILES string of the molecule is C=C(C(CC(O)C(C)(C)O)OC(=O)C(C)=CC)C1CC2OC2(C)C(OC(=O)C(C)=CC)C1OC(C)=O. The van der Waals surface area contributed by atoms with E-state index >= 15 is 0 Å². The standard InChI is InChI=1S/C27H40O9/c1-10-14(3)24(30)34-19(13-20(29)26(7,8)32)16(5)18-12-21-27(9,36-21)23(22(18)33-17(6)28)35-25(31)15(4)11-2/h10-11,18-23,29,32H,5,12-13H2,1-4,6-9H3. The van der Waals surface area contributed by atoms with Gasteiger partial charge in [0.2, 0.25) is 0 Å². The van der Waals surface area contributed by atoms with E-state index in [4.69, 9.17) is 18.9 Å². The largest absolute Gasteiger partial charge is 0.458 e. The van der Waals surface area contributed by atoms with Gasteiger partial charge in [0.1, 0.15) is 17.8 Å². The van der Waals surface area contributed by atoms with Gasteiger partial charge in [-0.25, -0.2) is 9.59 Å². The molecular weight excluding hydrogens is 468 g/mol. The molecule has 0 bridgehead atoms. The van der Waals surface area contributed by atoms with E-state index in [1.54, 1.807) is 46.8 Å². The number of fused-ring (bicyclic) bond motifs is 1. The predicted molar refractivity (Wildman–Crippen MR) is 132 cm³/mol. The van der Waals surface area contributed by atoms with Crippen LogP contribution in [0.15, 0.2) is 35.5 Å². The summed E-state index contributed by atoms with van der Waals surface area (Å²) in [5.74, 6) is -2.37. The quantitative estimate of drug-likeness (QED) is 0.150. The van der Waals surface area contributed by atoms with Crippen molar-refractivity contribution in [3.63, 3.8) is 0 Å². The summed E-state index contributed by atoms with van der Waals surface area (Å²) in [4.78, 5) is 37.4. The van der Waals surface area contributed by atoms with Crippen molar-refractivity contribution in [3.8, 4) is 0 Å². The molecular formula is C27H40O9. The Labute approximate surface area is 213 Å². The Balaban J connectivity index is 2.45. The minimum absolute atomic E-state index is 0.140. The van der Waals surface area contributed by atoms with E-state index in [2.05, 4.69) is 6.58 Å². The van der Waals surface area contributed by atoms with Crippen molar-refractivity contribution in [2.45, 2.75) is 110 Å². The summed E-state index contributed by atoms with van der Waals surface area (Å²) >= 11 is 0. The van der Waals surface area contributed by atoms with Crippen LogP contribution < -0.4 is 0 Å². The summed E-state index contributed by atoms with van der Waals surface area (Å²) in [6, 6.07) is 0. The zero-order chi connectivity index (χ0) is 27.6. The van der Waals surface area contributed by atoms with Crippen molar-refractivity contribution < 1.29 is 43.5 Å². The van der Waals surface area contributed by atoms with E-state index in [-0.39, 0.29) is 12.5 Å². The molecule has 9 heteroatoms. The van der Waals surface area contributed by atoms with Crippen LogP contribution in [0, 0.1) is 5.92 Å². The molecule has 1 saturated carbocycles. The monoisotopic (exact) mass is 508 g/mol. The Bertz CT molecular complexity index is 941. The molecule has 1 saturated heterocycles. The highest BCUT2D eigenvalue weighted by Crippen LogP contribution is 2.53. The van der Waals surface area contributed by atoms with E-state index in [0.717, 1.165) is 0 Å². The van der Waals surface area contributed by atoms with Gasteiger partial charge < -0.3 is 29.2 Å². The Kier molecular flexibility index (Phi) is 9.31. The molecule has 202 valence electrons. The van der Waals surface area contributed by atoms with Crippen molar-refractivity contribution in [2.24, 2.45) is 5.92 Å². The topological polar surface area (TPSA) is 132 Å². The average molecular weight is 509 g/mol. The Morgan fingerprint density at radius 1 is 1.11 bits per heavy atom. The molecule has 7 atom stereocenters. The lowest BCUT2D eigenvalue weighted by molar-refractivity contribution is -0.176. The molecule has 1 aliphatic carbocycles. The first-order valence-electron chi connectivity index (χ1n) is 12.2. The van der Waals surface area contributed by atoms with Crippen LogP contribution in [0.5, 0.6) is 0 Å². The third-order valence-corrected chi connectivity index (χ3v) is 7.14. The van der Waals surface area contributed by atoms with Crippen LogP contribution in [0.3, 0.4) is 0 Å². The maximum Gasteiger partial charge on any atom is 0.333 e. The molecule has 0 aromatic heterocycles. The van der Waals surface area contributed by atoms with Crippen LogP contribution in [0.2, 0.25) is 0 Å². The number of hydrogen-bond acceptors (Lipinski definition) is 9. The molecule has 2 N–H and O–H groups in total. The first-order chi connectivity index (χ1) is 16.6. The van der Waals surface area contributed by atoms with Crippen molar-refractivity contribution in [3.05, 3.63) is 35.5 Å². The highest BCUT2D eigenvalue weighted by molar-refractivity contribution is 5.88. The Morgan fingerprint density at radius 3 is 2.17 bits per heavy atom. The molecule has 9 nitrogen and oxygen atoms in total. The number of carbonyl (C=O) groups is 3. The first kappa shape index (κ1) is 29.7. The number of ether oxygens (including phenoxy) is 4. The predicted octanol–water partition coefficient (Wildman–Crippen LogP) is 2.93. The lowest BCUT2D eigenvalue weighted by Crippen LogP contribution is -2.54. The molecule has 1 heterocycles. The fourth-order valence-corrected chi connectivity index (χ4v) is 4.26. The normalized spacial score (nSPS) is 29.9. The van der Waals surface area contributed by atoms with Crippen LogP contribution in [0.1, 0.15) is 68.2 Å². The smallest absolute Gasteiger partial charge is 0.333 e. The van der Waals surface area contributed by atoms with Crippen LogP contribution >= 0.6 is 0 Å². The van der Waals surface area contributed by atoms with Crippen molar-refractivity contribution in [1.29, 1.82) is 0 Å². The Hall–Kier alpha value is -2.49. The lowest BCUT2D eigenvalue weighted by atomic mass is 9.73. The van der Waals surface area contributed by atoms with Crippen LogP contribution in [0.25, 0.3) is 0 Å². The van der Waals surface area contributed by atoms with Crippen LogP contribution in [-0.4, -0.2) is 69.8 Å². The number of esters is 3. The Morgan fingerprint density at radius 2 is 1.67 bits per heavy atom. The number of carbonyl (C=O) groups excluding carboxylic acids is 3. The van der Waals surface area contributed by atoms with Gasteiger partial charge in [-0.05, 0) is 60.5 Å². The number of rotatable bonds is 10. The highest BCUT2D eigenvalue weighted by atomic mass is 16.7. The average Bonchev–Trinajstić information content (AvgIpc) is 3.47. The van der Waals surface area contributed by atoms with Gasteiger partial charge in [-0.2, -0.15) is 0 Å². The van der Waals surface area contributed by atoms with Crippen molar-refractivity contribution in [2.75, 3.05) is 0 Å². The minimum Gasteiger partial charge on any atom is -0.458 e. The van der Waals surface area contributed by atoms with E-state index in [1.165, 1.54) is 20.8 Å². The summed E-state index contributed by atoms with van der Waals surface area (Å²) in [5, 5.41) is 20.9. The molecule has 2 fully saturated rings. The van der Waals surface area contributed by atoms with E-state index < -0.39 is 59.4 Å².